The Bertz CT molecular complexity index is 961. The molecule has 1 rings (SSSR count). The first-order chi connectivity index (χ1) is 22.8. The van der Waals surface area contributed by atoms with Gasteiger partial charge in [-0.2, -0.15) is 8.78 Å². The minimum Gasteiger partial charge on any atom is -0.463 e. The summed E-state index contributed by atoms with van der Waals surface area (Å²) >= 11 is 0. The molecule has 18 heteroatoms. The van der Waals surface area contributed by atoms with Crippen LogP contribution in [-0.2, 0) is 57.0 Å². The number of ether oxygens (including phenoxy) is 11. The number of benzene rings is 1. The van der Waals surface area contributed by atoms with E-state index in [4.69, 9.17) is 47.4 Å². The van der Waals surface area contributed by atoms with Crippen LogP contribution < -0.4 is 4.74 Å². The molecule has 0 saturated heterocycles. The summed E-state index contributed by atoms with van der Waals surface area (Å²) in [7, 11) is 0. The second-order valence-corrected chi connectivity index (χ2v) is 8.97. The van der Waals surface area contributed by atoms with Crippen LogP contribution in [0.25, 0.3) is 0 Å². The maximum Gasteiger partial charge on any atom is 0.313 e. The van der Waals surface area contributed by atoms with Gasteiger partial charge in [0.05, 0.1) is 125 Å². The Morgan fingerprint density at radius 1 is 0.404 bits per heavy atom. The molecule has 0 spiro atoms. The molecule has 0 atom stereocenters. The van der Waals surface area contributed by atoms with E-state index in [1.54, 1.807) is 0 Å². The third-order valence-electron chi connectivity index (χ3n) is 5.35. The Hall–Kier alpha value is -2.55. The first-order valence-corrected chi connectivity index (χ1v) is 14.8. The lowest BCUT2D eigenvalue weighted by molar-refractivity contribution is -0.142. The third-order valence-corrected chi connectivity index (χ3v) is 5.35. The maximum atomic E-state index is 13.5. The van der Waals surface area contributed by atoms with Crippen molar-refractivity contribution < 1.29 is 83.6 Å². The predicted octanol–water partition coefficient (Wildman–Crippen LogP) is 2.39. The second kappa shape index (κ2) is 28.5. The van der Waals surface area contributed by atoms with Gasteiger partial charge in [0.15, 0.2) is 0 Å². The van der Waals surface area contributed by atoms with Gasteiger partial charge in [0.25, 0.3) is 0 Å². The molecule has 272 valence electrons. The van der Waals surface area contributed by atoms with Gasteiger partial charge >= 0.3 is 11.9 Å². The first-order valence-electron chi connectivity index (χ1n) is 14.8. The fourth-order valence-electron chi connectivity index (χ4n) is 3.10. The Balaban J connectivity index is 1.77. The quantitative estimate of drug-likeness (QED) is 0.0281. The number of esters is 2. The van der Waals surface area contributed by atoms with Crippen LogP contribution >= 0.6 is 0 Å². The van der Waals surface area contributed by atoms with Gasteiger partial charge in [-0.1, -0.05) is 0 Å². The van der Waals surface area contributed by atoms with E-state index in [0.717, 1.165) is 0 Å². The second-order valence-electron chi connectivity index (χ2n) is 8.97. The monoisotopic (exact) mass is 694 g/mol. The molecule has 0 aromatic heterocycles. The van der Waals surface area contributed by atoms with Gasteiger partial charge in [0.2, 0.25) is 34.8 Å². The van der Waals surface area contributed by atoms with Crippen molar-refractivity contribution in [1.82, 2.24) is 0 Å². The Kier molecular flexibility index (Phi) is 25.7. The summed E-state index contributed by atoms with van der Waals surface area (Å²) in [5, 5.41) is 0. The van der Waals surface area contributed by atoms with Crippen LogP contribution in [0.5, 0.6) is 5.75 Å². The van der Waals surface area contributed by atoms with Crippen LogP contribution in [0.4, 0.5) is 22.0 Å². The molecule has 0 amide bonds. The van der Waals surface area contributed by atoms with Gasteiger partial charge in [-0.15, -0.1) is 0 Å². The van der Waals surface area contributed by atoms with Crippen molar-refractivity contribution in [2.75, 3.05) is 126 Å². The molecule has 0 aliphatic carbocycles. The van der Waals surface area contributed by atoms with E-state index in [9.17, 15) is 31.5 Å². The molecule has 0 fully saturated rings. The van der Waals surface area contributed by atoms with Gasteiger partial charge in [-0.25, -0.2) is 13.2 Å². The van der Waals surface area contributed by atoms with Crippen molar-refractivity contribution >= 4 is 11.9 Å². The van der Waals surface area contributed by atoms with Crippen molar-refractivity contribution in [2.24, 2.45) is 0 Å². The molecular formula is C29H43F5O13. The highest BCUT2D eigenvalue weighted by atomic mass is 19.2. The number of carbonyl (C=O) groups excluding carboxylic acids is 2. The number of halogens is 5. The first kappa shape index (κ1) is 42.5. The number of hydrogen-bond donors (Lipinski definition) is 0. The average Bonchev–Trinajstić information content (AvgIpc) is 3.05. The summed E-state index contributed by atoms with van der Waals surface area (Å²) in [5.41, 5.74) is 0. The fraction of sp³-hybridized carbons (Fsp3) is 0.724. The van der Waals surface area contributed by atoms with Gasteiger partial charge in [-0.3, -0.25) is 9.59 Å². The summed E-state index contributed by atoms with van der Waals surface area (Å²) in [6.07, 6.45) is -0.490. The van der Waals surface area contributed by atoms with Gasteiger partial charge in [0.1, 0.15) is 6.61 Å². The zero-order valence-electron chi connectivity index (χ0n) is 26.3. The van der Waals surface area contributed by atoms with Crippen LogP contribution in [0, 0.1) is 29.1 Å². The van der Waals surface area contributed by atoms with Crippen molar-refractivity contribution in [2.45, 2.75) is 13.3 Å². The molecule has 1 aromatic rings. The molecule has 13 nitrogen and oxygen atoms in total. The van der Waals surface area contributed by atoms with Gasteiger partial charge < -0.3 is 52.1 Å². The highest BCUT2D eigenvalue weighted by molar-refractivity contribution is 5.72. The van der Waals surface area contributed by atoms with Crippen molar-refractivity contribution in [3.63, 3.8) is 0 Å². The molecule has 0 unspecified atom stereocenters. The predicted molar refractivity (Wildman–Crippen MR) is 150 cm³/mol. The summed E-state index contributed by atoms with van der Waals surface area (Å²) in [5.74, 6) is -14.5. The summed E-state index contributed by atoms with van der Waals surface area (Å²) in [6, 6.07) is 0. The molecule has 0 radical (unpaired) electrons. The molecular weight excluding hydrogens is 651 g/mol. The van der Waals surface area contributed by atoms with Crippen molar-refractivity contribution in [3.8, 4) is 5.75 Å². The van der Waals surface area contributed by atoms with Crippen LogP contribution in [-0.4, -0.2) is 137 Å². The third kappa shape index (κ3) is 21.9. The van der Waals surface area contributed by atoms with Gasteiger partial charge in [0, 0.05) is 6.92 Å². The molecule has 0 N–H and O–H groups in total. The topological polar surface area (TPSA) is 136 Å². The summed E-state index contributed by atoms with van der Waals surface area (Å²) in [6.45, 7) is 7.44. The molecule has 0 aliphatic rings. The minimum absolute atomic E-state index is 0.0769. The molecule has 0 saturated carbocycles. The van der Waals surface area contributed by atoms with Crippen molar-refractivity contribution in [1.29, 1.82) is 0 Å². The van der Waals surface area contributed by atoms with E-state index >= 15 is 0 Å². The van der Waals surface area contributed by atoms with Crippen LogP contribution in [0.2, 0.25) is 0 Å². The van der Waals surface area contributed by atoms with Crippen LogP contribution in [0.1, 0.15) is 13.3 Å². The fourth-order valence-corrected chi connectivity index (χ4v) is 3.10. The van der Waals surface area contributed by atoms with Crippen LogP contribution in [0.15, 0.2) is 0 Å². The minimum atomic E-state index is -2.35. The Morgan fingerprint density at radius 3 is 0.957 bits per heavy atom. The number of rotatable bonds is 31. The van der Waals surface area contributed by atoms with E-state index in [1.807, 2.05) is 0 Å². The standard InChI is InChI=1S/C29H43F5O13/c1-22(35)46-21-20-45-19-18-44-17-16-43-15-14-42-13-12-41-11-10-40-9-8-39-7-6-38-5-4-37-3-2-23(36)47-29-27(33)25(31)24(30)26(32)28(29)34/h2-21H2,1H3. The summed E-state index contributed by atoms with van der Waals surface area (Å²) in [4.78, 5) is 22.2. The average molecular weight is 695 g/mol. The Morgan fingerprint density at radius 2 is 0.660 bits per heavy atom. The zero-order valence-corrected chi connectivity index (χ0v) is 26.3. The van der Waals surface area contributed by atoms with E-state index < -0.39 is 47.2 Å². The van der Waals surface area contributed by atoms with E-state index in [2.05, 4.69) is 4.74 Å². The highest BCUT2D eigenvalue weighted by Crippen LogP contribution is 2.29. The lowest BCUT2D eigenvalue weighted by atomic mass is 10.2. The van der Waals surface area contributed by atoms with Crippen molar-refractivity contribution in [3.05, 3.63) is 29.1 Å². The molecule has 1 aromatic carbocycles. The summed E-state index contributed by atoms with van der Waals surface area (Å²) < 4.78 is 123. The zero-order chi connectivity index (χ0) is 34.5. The smallest absolute Gasteiger partial charge is 0.313 e. The molecule has 0 heterocycles. The van der Waals surface area contributed by atoms with Crippen LogP contribution in [0.3, 0.4) is 0 Å². The normalized spacial score (nSPS) is 11.3. The molecule has 47 heavy (non-hydrogen) atoms. The molecule has 0 aliphatic heterocycles. The molecule has 0 bridgehead atoms. The number of hydrogen-bond acceptors (Lipinski definition) is 13. The largest absolute Gasteiger partial charge is 0.463 e. The highest BCUT2D eigenvalue weighted by Gasteiger charge is 2.28. The lowest BCUT2D eigenvalue weighted by Crippen LogP contribution is -2.16. The SMILES string of the molecule is CC(=O)OCCOCCOCCOCCOCCOCCOCCOCCOCCOCCC(=O)Oc1c(F)c(F)c(F)c(F)c1F. The number of carbonyl (C=O) groups is 2. The van der Waals surface area contributed by atoms with E-state index in [1.165, 1.54) is 6.92 Å². The van der Waals surface area contributed by atoms with E-state index in [-0.39, 0.29) is 39.0 Å². The lowest BCUT2D eigenvalue weighted by Gasteiger charge is -2.09. The maximum absolute atomic E-state index is 13.5. The van der Waals surface area contributed by atoms with E-state index in [0.29, 0.717) is 92.5 Å². The van der Waals surface area contributed by atoms with Gasteiger partial charge in [-0.05, 0) is 0 Å². The Labute approximate surface area is 269 Å².